The topological polar surface area (TPSA) is 80.0 Å². The summed E-state index contributed by atoms with van der Waals surface area (Å²) in [5.74, 6) is -1.62. The first kappa shape index (κ1) is 20.1. The van der Waals surface area contributed by atoms with Gasteiger partial charge in [0.25, 0.3) is 11.6 Å². The van der Waals surface area contributed by atoms with Crippen molar-refractivity contribution in [2.45, 2.75) is 32.0 Å². The second kappa shape index (κ2) is 7.06. The highest BCUT2D eigenvalue weighted by Crippen LogP contribution is 2.40. The number of rotatable bonds is 4. The maximum Gasteiger partial charge on any atom is 0.438 e. The molecule has 150 valence electrons. The van der Waals surface area contributed by atoms with Crippen molar-refractivity contribution in [3.05, 3.63) is 47.0 Å². The third kappa shape index (κ3) is 3.67. The molecule has 28 heavy (non-hydrogen) atoms. The summed E-state index contributed by atoms with van der Waals surface area (Å²) in [5.41, 5.74) is -3.86. The lowest BCUT2D eigenvalue weighted by Crippen LogP contribution is -2.56. The molecule has 2 heterocycles. The predicted octanol–water partition coefficient (Wildman–Crippen LogP) is 3.18. The molecule has 0 saturated heterocycles. The SMILES string of the molecule is CC1=NN(C(=O)c2ccn(COc3ccc(F)c(Cl)c3)n2)[C@@](O)(C(F)(F)F)C1. The first-order valence-corrected chi connectivity index (χ1v) is 8.18. The van der Waals surface area contributed by atoms with Gasteiger partial charge in [0.15, 0.2) is 12.4 Å². The molecule has 0 aliphatic carbocycles. The summed E-state index contributed by atoms with van der Waals surface area (Å²) in [6, 6.07) is 4.81. The number of amides is 1. The van der Waals surface area contributed by atoms with Crippen LogP contribution in [0.4, 0.5) is 17.6 Å². The molecule has 2 aromatic rings. The van der Waals surface area contributed by atoms with E-state index in [4.69, 9.17) is 16.3 Å². The fraction of sp³-hybridized carbons (Fsp3) is 0.312. The van der Waals surface area contributed by atoms with E-state index < -0.39 is 30.0 Å². The van der Waals surface area contributed by atoms with Crippen LogP contribution in [-0.2, 0) is 6.73 Å². The van der Waals surface area contributed by atoms with Crippen LogP contribution in [0.1, 0.15) is 23.8 Å². The molecule has 7 nitrogen and oxygen atoms in total. The Hall–Kier alpha value is -2.66. The largest absolute Gasteiger partial charge is 0.471 e. The molecule has 0 spiro atoms. The number of hydrazone groups is 1. The van der Waals surface area contributed by atoms with Crippen molar-refractivity contribution in [1.29, 1.82) is 0 Å². The van der Waals surface area contributed by atoms with Gasteiger partial charge in [-0.25, -0.2) is 9.07 Å². The Kier molecular flexibility index (Phi) is 5.06. The van der Waals surface area contributed by atoms with Crippen LogP contribution in [0, 0.1) is 5.82 Å². The van der Waals surface area contributed by atoms with Gasteiger partial charge in [0.2, 0.25) is 0 Å². The van der Waals surface area contributed by atoms with Crippen LogP contribution in [0.5, 0.6) is 5.75 Å². The number of benzene rings is 1. The number of alkyl halides is 3. The van der Waals surface area contributed by atoms with E-state index in [0.29, 0.717) is 0 Å². The van der Waals surface area contributed by atoms with Gasteiger partial charge in [-0.05, 0) is 25.1 Å². The average molecular weight is 421 g/mol. The molecule has 0 unspecified atom stereocenters. The monoisotopic (exact) mass is 420 g/mol. The molecule has 1 aromatic heterocycles. The highest BCUT2D eigenvalue weighted by atomic mass is 35.5. The number of aromatic nitrogens is 2. The fourth-order valence-corrected chi connectivity index (χ4v) is 2.69. The van der Waals surface area contributed by atoms with E-state index in [0.717, 1.165) is 16.8 Å². The van der Waals surface area contributed by atoms with Crippen LogP contribution >= 0.6 is 11.6 Å². The quantitative estimate of drug-likeness (QED) is 0.770. The van der Waals surface area contributed by atoms with E-state index in [2.05, 4.69) is 10.2 Å². The minimum Gasteiger partial charge on any atom is -0.471 e. The Labute approximate surface area is 160 Å². The fourth-order valence-electron chi connectivity index (χ4n) is 2.52. The zero-order chi connectivity index (χ0) is 20.7. The third-order valence-electron chi connectivity index (χ3n) is 3.88. The van der Waals surface area contributed by atoms with Gasteiger partial charge in [-0.15, -0.1) is 0 Å². The van der Waals surface area contributed by atoms with Gasteiger partial charge < -0.3 is 9.84 Å². The Morgan fingerprint density at radius 1 is 1.39 bits per heavy atom. The molecule has 12 heteroatoms. The Bertz CT molecular complexity index is 946. The molecule has 3 rings (SSSR count). The number of hydrogen-bond acceptors (Lipinski definition) is 5. The van der Waals surface area contributed by atoms with Crippen LogP contribution in [0.25, 0.3) is 0 Å². The molecular formula is C16H13ClF4N4O3. The normalized spacial score (nSPS) is 19.7. The predicted molar refractivity (Wildman–Crippen MR) is 89.2 cm³/mol. The van der Waals surface area contributed by atoms with Crippen molar-refractivity contribution in [3.63, 3.8) is 0 Å². The number of carbonyl (C=O) groups excluding carboxylic acids is 1. The van der Waals surface area contributed by atoms with Crippen molar-refractivity contribution in [1.82, 2.24) is 14.8 Å². The molecule has 1 amide bonds. The summed E-state index contributed by atoms with van der Waals surface area (Å²) < 4.78 is 59.2. The summed E-state index contributed by atoms with van der Waals surface area (Å²) >= 11 is 5.63. The molecule has 0 saturated carbocycles. The first-order valence-electron chi connectivity index (χ1n) is 7.80. The van der Waals surface area contributed by atoms with E-state index in [1.807, 2.05) is 0 Å². The molecule has 1 atom stereocenters. The second-order valence-corrected chi connectivity index (χ2v) is 6.44. The number of halogens is 5. The van der Waals surface area contributed by atoms with Crippen molar-refractivity contribution in [3.8, 4) is 5.75 Å². The number of carbonyl (C=O) groups is 1. The van der Waals surface area contributed by atoms with Crippen LogP contribution in [0.15, 0.2) is 35.6 Å². The average Bonchev–Trinajstić information content (AvgIpc) is 3.20. The van der Waals surface area contributed by atoms with Gasteiger partial charge >= 0.3 is 6.18 Å². The summed E-state index contributed by atoms with van der Waals surface area (Å²) in [6.45, 7) is 1.05. The Balaban J connectivity index is 1.74. The van der Waals surface area contributed by atoms with Gasteiger partial charge in [0.05, 0.1) is 5.02 Å². The number of nitrogens with zero attached hydrogens (tertiary/aromatic N) is 4. The molecular weight excluding hydrogens is 408 g/mol. The zero-order valence-corrected chi connectivity index (χ0v) is 15.0. The van der Waals surface area contributed by atoms with E-state index in [1.165, 1.54) is 25.3 Å². The van der Waals surface area contributed by atoms with Gasteiger partial charge in [-0.2, -0.15) is 28.4 Å². The van der Waals surface area contributed by atoms with Crippen molar-refractivity contribution < 1.29 is 32.2 Å². The maximum atomic E-state index is 13.2. The lowest BCUT2D eigenvalue weighted by molar-refractivity contribution is -0.297. The van der Waals surface area contributed by atoms with Gasteiger partial charge in [-0.3, -0.25) is 4.79 Å². The van der Waals surface area contributed by atoms with Crippen molar-refractivity contribution >= 4 is 23.2 Å². The van der Waals surface area contributed by atoms with Crippen LogP contribution < -0.4 is 4.74 Å². The van der Waals surface area contributed by atoms with Crippen LogP contribution in [0.2, 0.25) is 5.02 Å². The highest BCUT2D eigenvalue weighted by molar-refractivity contribution is 6.30. The van der Waals surface area contributed by atoms with Gasteiger partial charge in [-0.1, -0.05) is 11.6 Å². The summed E-state index contributed by atoms with van der Waals surface area (Å²) in [7, 11) is 0. The smallest absolute Gasteiger partial charge is 0.438 e. The van der Waals surface area contributed by atoms with Gasteiger partial charge in [0.1, 0.15) is 11.6 Å². The number of aliphatic hydroxyl groups is 1. The molecule has 1 aliphatic heterocycles. The molecule has 0 fully saturated rings. The lowest BCUT2D eigenvalue weighted by Gasteiger charge is -2.32. The molecule has 1 aliphatic rings. The standard InChI is InChI=1S/C16H13ClF4N4O3/c1-9-7-15(27,16(19,20)21)25(22-9)14(26)13-4-5-24(23-13)8-28-10-2-3-12(18)11(17)6-10/h2-6,27H,7-8H2,1H3/t15-/m0/s1. The molecule has 1 aromatic carbocycles. The molecule has 1 N–H and O–H groups in total. The van der Waals surface area contributed by atoms with E-state index >= 15 is 0 Å². The van der Waals surface area contributed by atoms with Crippen LogP contribution in [0.3, 0.4) is 0 Å². The number of ether oxygens (including phenoxy) is 1. The third-order valence-corrected chi connectivity index (χ3v) is 4.17. The second-order valence-electron chi connectivity index (χ2n) is 6.03. The summed E-state index contributed by atoms with van der Waals surface area (Å²) in [5, 5.41) is 17.1. The van der Waals surface area contributed by atoms with E-state index in [-0.39, 0.29) is 33.9 Å². The zero-order valence-electron chi connectivity index (χ0n) is 14.2. The minimum absolute atomic E-state index is 0.0182. The lowest BCUT2D eigenvalue weighted by atomic mass is 10.1. The summed E-state index contributed by atoms with van der Waals surface area (Å²) in [6.07, 6.45) is -4.66. The van der Waals surface area contributed by atoms with E-state index in [9.17, 15) is 27.5 Å². The number of hydrogen-bond donors (Lipinski definition) is 1. The molecule has 0 radical (unpaired) electrons. The highest BCUT2D eigenvalue weighted by Gasteiger charge is 2.63. The Morgan fingerprint density at radius 3 is 2.75 bits per heavy atom. The van der Waals surface area contributed by atoms with Gasteiger partial charge in [0, 0.05) is 24.4 Å². The van der Waals surface area contributed by atoms with Crippen LogP contribution in [-0.4, -0.2) is 43.4 Å². The van der Waals surface area contributed by atoms with Crippen molar-refractivity contribution in [2.24, 2.45) is 5.10 Å². The molecule has 0 bridgehead atoms. The van der Waals surface area contributed by atoms with E-state index in [1.54, 1.807) is 0 Å². The first-order chi connectivity index (χ1) is 13.0. The summed E-state index contributed by atoms with van der Waals surface area (Å²) in [4.78, 5) is 12.4. The maximum absolute atomic E-state index is 13.2. The minimum atomic E-state index is -5.10. The Morgan fingerprint density at radius 2 is 2.11 bits per heavy atom. The van der Waals surface area contributed by atoms with Crippen molar-refractivity contribution in [2.75, 3.05) is 0 Å².